The summed E-state index contributed by atoms with van der Waals surface area (Å²) >= 11 is 6.11. The highest BCUT2D eigenvalue weighted by Crippen LogP contribution is 2.22. The molecule has 6 heteroatoms. The van der Waals surface area contributed by atoms with Crippen LogP contribution < -0.4 is 5.32 Å². The fraction of sp³-hybridized carbons (Fsp3) is 0.556. The van der Waals surface area contributed by atoms with Gasteiger partial charge in [0.25, 0.3) is 0 Å². The molecule has 1 aromatic carbocycles. The summed E-state index contributed by atoms with van der Waals surface area (Å²) in [6, 6.07) is 7.25. The number of carbonyl (C=O) groups is 2. The van der Waals surface area contributed by atoms with E-state index in [2.05, 4.69) is 10.2 Å². The molecule has 0 spiro atoms. The van der Waals surface area contributed by atoms with Crippen LogP contribution in [0.4, 0.5) is 0 Å². The highest BCUT2D eigenvalue weighted by molar-refractivity contribution is 6.31. The summed E-state index contributed by atoms with van der Waals surface area (Å²) in [6.07, 6.45) is 2.93. The molecule has 1 aromatic rings. The molecule has 1 saturated heterocycles. The maximum Gasteiger partial charge on any atom is 0.303 e. The van der Waals surface area contributed by atoms with Crippen LogP contribution in [0, 0.1) is 5.92 Å². The van der Waals surface area contributed by atoms with Crippen LogP contribution in [0.15, 0.2) is 24.3 Å². The smallest absolute Gasteiger partial charge is 0.303 e. The number of carboxylic acids is 1. The summed E-state index contributed by atoms with van der Waals surface area (Å²) in [7, 11) is 0. The van der Waals surface area contributed by atoms with Crippen molar-refractivity contribution in [3.8, 4) is 0 Å². The number of hydrogen-bond donors (Lipinski definition) is 2. The molecule has 0 radical (unpaired) electrons. The number of nitrogens with zero attached hydrogens (tertiary/aromatic N) is 1. The molecule has 1 fully saturated rings. The first-order valence-corrected chi connectivity index (χ1v) is 8.82. The van der Waals surface area contributed by atoms with E-state index in [-0.39, 0.29) is 18.4 Å². The van der Waals surface area contributed by atoms with Crippen molar-refractivity contribution in [3.63, 3.8) is 0 Å². The largest absolute Gasteiger partial charge is 0.481 e. The molecular formula is C18H25ClN2O3. The number of benzene rings is 1. The minimum absolute atomic E-state index is 0.0196. The molecule has 132 valence electrons. The number of piperidine rings is 1. The number of nitrogens with one attached hydrogen (secondary N) is 1. The van der Waals surface area contributed by atoms with Crippen molar-refractivity contribution in [1.29, 1.82) is 0 Å². The Bertz CT molecular complexity index is 579. The summed E-state index contributed by atoms with van der Waals surface area (Å²) in [6.45, 7) is 3.98. The molecule has 1 aliphatic heterocycles. The van der Waals surface area contributed by atoms with Gasteiger partial charge in [-0.15, -0.1) is 0 Å². The third kappa shape index (κ3) is 5.49. The SMILES string of the molecule is CC(C(=O)NCc1ccccc1Cl)N1CCCC(CCC(=O)O)C1. The standard InChI is InChI=1S/C18H25ClN2O3/c1-13(18(24)20-11-15-6-2-3-7-16(15)19)21-10-4-5-14(12-21)8-9-17(22)23/h2-3,6-7,13-14H,4-5,8-12H2,1H3,(H,20,24)(H,22,23). The fourth-order valence-corrected chi connectivity index (χ4v) is 3.35. The number of rotatable bonds is 7. The van der Waals surface area contributed by atoms with Crippen LogP contribution in [-0.2, 0) is 16.1 Å². The van der Waals surface area contributed by atoms with Gasteiger partial charge in [-0.05, 0) is 50.3 Å². The van der Waals surface area contributed by atoms with E-state index >= 15 is 0 Å². The lowest BCUT2D eigenvalue weighted by Crippen LogP contribution is -2.49. The molecule has 24 heavy (non-hydrogen) atoms. The van der Waals surface area contributed by atoms with Gasteiger partial charge in [-0.25, -0.2) is 0 Å². The van der Waals surface area contributed by atoms with Gasteiger partial charge in [0.1, 0.15) is 0 Å². The van der Waals surface area contributed by atoms with Gasteiger partial charge in [-0.3, -0.25) is 14.5 Å². The van der Waals surface area contributed by atoms with Crippen LogP contribution in [0.3, 0.4) is 0 Å². The molecule has 0 aromatic heterocycles. The van der Waals surface area contributed by atoms with Crippen LogP contribution in [-0.4, -0.2) is 41.0 Å². The molecule has 2 rings (SSSR count). The Balaban J connectivity index is 1.83. The number of carbonyl (C=O) groups excluding carboxylic acids is 1. The number of amides is 1. The lowest BCUT2D eigenvalue weighted by molar-refractivity contribution is -0.137. The van der Waals surface area contributed by atoms with Crippen LogP contribution in [0.1, 0.15) is 38.2 Å². The summed E-state index contributed by atoms with van der Waals surface area (Å²) < 4.78 is 0. The van der Waals surface area contributed by atoms with Crippen molar-refractivity contribution in [2.45, 2.75) is 45.2 Å². The second-order valence-electron chi connectivity index (χ2n) is 6.42. The van der Waals surface area contributed by atoms with Crippen molar-refractivity contribution in [2.75, 3.05) is 13.1 Å². The Morgan fingerprint density at radius 3 is 2.88 bits per heavy atom. The fourth-order valence-electron chi connectivity index (χ4n) is 3.15. The summed E-state index contributed by atoms with van der Waals surface area (Å²) in [4.78, 5) is 25.3. The molecule has 0 aliphatic carbocycles. The maximum absolute atomic E-state index is 12.4. The van der Waals surface area contributed by atoms with Crippen molar-refractivity contribution >= 4 is 23.5 Å². The normalized spacial score (nSPS) is 19.7. The Kier molecular flexibility index (Phi) is 7.06. The summed E-state index contributed by atoms with van der Waals surface area (Å²) in [5.41, 5.74) is 0.901. The first kappa shape index (κ1) is 18.7. The van der Waals surface area contributed by atoms with Crippen molar-refractivity contribution in [1.82, 2.24) is 10.2 Å². The number of hydrogen-bond acceptors (Lipinski definition) is 3. The Hall–Kier alpha value is -1.59. The summed E-state index contributed by atoms with van der Waals surface area (Å²) in [5, 5.41) is 12.4. The van der Waals surface area contributed by atoms with Gasteiger partial charge in [-0.1, -0.05) is 29.8 Å². The zero-order chi connectivity index (χ0) is 17.5. The van der Waals surface area contributed by atoms with Gasteiger partial charge in [0.2, 0.25) is 5.91 Å². The number of aliphatic carboxylic acids is 1. The monoisotopic (exact) mass is 352 g/mol. The van der Waals surface area contributed by atoms with Crippen LogP contribution in [0.5, 0.6) is 0 Å². The molecular weight excluding hydrogens is 328 g/mol. The lowest BCUT2D eigenvalue weighted by Gasteiger charge is -2.36. The molecule has 2 unspecified atom stereocenters. The van der Waals surface area contributed by atoms with Gasteiger partial charge >= 0.3 is 5.97 Å². The van der Waals surface area contributed by atoms with Gasteiger partial charge in [0, 0.05) is 24.5 Å². The minimum atomic E-state index is -0.752. The number of carboxylic acid groups (broad SMARTS) is 1. The van der Waals surface area contributed by atoms with E-state index in [0.29, 0.717) is 23.9 Å². The van der Waals surface area contributed by atoms with Crippen LogP contribution in [0.25, 0.3) is 0 Å². The van der Waals surface area contributed by atoms with E-state index in [9.17, 15) is 9.59 Å². The number of likely N-dealkylation sites (tertiary alicyclic amines) is 1. The second-order valence-corrected chi connectivity index (χ2v) is 6.83. The predicted octanol–water partition coefficient (Wildman–Crippen LogP) is 2.92. The molecule has 5 nitrogen and oxygen atoms in total. The topological polar surface area (TPSA) is 69.6 Å². The molecule has 2 atom stereocenters. The highest BCUT2D eigenvalue weighted by atomic mass is 35.5. The first-order chi connectivity index (χ1) is 11.5. The van der Waals surface area contributed by atoms with Crippen molar-refractivity contribution in [2.24, 2.45) is 5.92 Å². The van der Waals surface area contributed by atoms with Crippen LogP contribution >= 0.6 is 11.6 Å². The molecule has 1 aliphatic rings. The van der Waals surface area contributed by atoms with E-state index in [1.165, 1.54) is 0 Å². The van der Waals surface area contributed by atoms with E-state index in [0.717, 1.165) is 31.5 Å². The average Bonchev–Trinajstić information content (AvgIpc) is 2.58. The predicted molar refractivity (Wildman–Crippen MR) is 93.9 cm³/mol. The Labute approximate surface area is 148 Å². The third-order valence-electron chi connectivity index (χ3n) is 4.65. The second kappa shape index (κ2) is 9.04. The Morgan fingerprint density at radius 2 is 2.17 bits per heavy atom. The van der Waals surface area contributed by atoms with Gasteiger partial charge in [0.05, 0.1) is 6.04 Å². The van der Waals surface area contributed by atoms with E-state index in [1.807, 2.05) is 31.2 Å². The molecule has 1 heterocycles. The van der Waals surface area contributed by atoms with Crippen molar-refractivity contribution in [3.05, 3.63) is 34.9 Å². The first-order valence-electron chi connectivity index (χ1n) is 8.44. The van der Waals surface area contributed by atoms with E-state index < -0.39 is 5.97 Å². The minimum Gasteiger partial charge on any atom is -0.481 e. The zero-order valence-electron chi connectivity index (χ0n) is 14.0. The van der Waals surface area contributed by atoms with Gasteiger partial charge in [0.15, 0.2) is 0 Å². The quantitative estimate of drug-likeness (QED) is 0.791. The maximum atomic E-state index is 12.4. The van der Waals surface area contributed by atoms with E-state index in [1.54, 1.807) is 0 Å². The lowest BCUT2D eigenvalue weighted by atomic mass is 9.92. The highest BCUT2D eigenvalue weighted by Gasteiger charge is 2.27. The molecule has 0 bridgehead atoms. The molecule has 1 amide bonds. The summed E-state index contributed by atoms with van der Waals surface area (Å²) in [5.74, 6) is -0.417. The van der Waals surface area contributed by atoms with Gasteiger partial charge < -0.3 is 10.4 Å². The average molecular weight is 353 g/mol. The third-order valence-corrected chi connectivity index (χ3v) is 5.02. The van der Waals surface area contributed by atoms with E-state index in [4.69, 9.17) is 16.7 Å². The van der Waals surface area contributed by atoms with Crippen LogP contribution in [0.2, 0.25) is 5.02 Å². The molecule has 2 N–H and O–H groups in total. The number of halogens is 1. The molecule has 0 saturated carbocycles. The zero-order valence-corrected chi connectivity index (χ0v) is 14.8. The Morgan fingerprint density at radius 1 is 1.42 bits per heavy atom. The van der Waals surface area contributed by atoms with Gasteiger partial charge in [-0.2, -0.15) is 0 Å². The van der Waals surface area contributed by atoms with Crippen molar-refractivity contribution < 1.29 is 14.7 Å².